The lowest BCUT2D eigenvalue weighted by atomic mass is 10.0. The predicted molar refractivity (Wildman–Crippen MR) is 120 cm³/mol. The predicted octanol–water partition coefficient (Wildman–Crippen LogP) is 4.38. The van der Waals surface area contributed by atoms with Crippen molar-refractivity contribution in [2.75, 3.05) is 5.32 Å². The van der Waals surface area contributed by atoms with Crippen molar-refractivity contribution in [1.82, 2.24) is 4.98 Å². The lowest BCUT2D eigenvalue weighted by Crippen LogP contribution is -2.30. The van der Waals surface area contributed by atoms with Gasteiger partial charge in [0.05, 0.1) is 0 Å². The van der Waals surface area contributed by atoms with Crippen LogP contribution < -0.4 is 10.7 Å². The minimum absolute atomic E-state index is 0.00645. The van der Waals surface area contributed by atoms with Crippen molar-refractivity contribution >= 4 is 28.5 Å². The third-order valence-corrected chi connectivity index (χ3v) is 4.88. The number of H-pyrrole nitrogens is 1. The number of rotatable bonds is 5. The molecule has 1 amide bonds. The number of para-hydroxylation sites is 2. The van der Waals surface area contributed by atoms with Crippen LogP contribution in [0, 0.1) is 0 Å². The van der Waals surface area contributed by atoms with Crippen molar-refractivity contribution in [3.8, 4) is 11.1 Å². The first-order chi connectivity index (χ1) is 15.0. The summed E-state index contributed by atoms with van der Waals surface area (Å²) in [7, 11) is 0. The van der Waals surface area contributed by atoms with Gasteiger partial charge in [-0.25, -0.2) is 4.79 Å². The Kier molecular flexibility index (Phi) is 5.62. The van der Waals surface area contributed by atoms with Crippen molar-refractivity contribution < 1.29 is 14.3 Å². The maximum atomic E-state index is 12.7. The van der Waals surface area contributed by atoms with E-state index in [9.17, 15) is 14.4 Å². The topological polar surface area (TPSA) is 88.3 Å². The molecular weight excluding hydrogens is 392 g/mol. The number of aromatic amines is 1. The second-order valence-corrected chi connectivity index (χ2v) is 7.04. The molecule has 31 heavy (non-hydrogen) atoms. The highest BCUT2D eigenvalue weighted by molar-refractivity contribution is 6.00. The summed E-state index contributed by atoms with van der Waals surface area (Å²) in [5.74, 6) is -1.25. The van der Waals surface area contributed by atoms with Gasteiger partial charge in [-0.15, -0.1) is 0 Å². The molecule has 0 unspecified atom stereocenters. The van der Waals surface area contributed by atoms with Crippen LogP contribution in [0.4, 0.5) is 5.69 Å². The molecule has 0 bridgehead atoms. The average Bonchev–Trinajstić information content (AvgIpc) is 2.80. The molecule has 0 aliphatic rings. The maximum absolute atomic E-state index is 12.7. The molecule has 0 radical (unpaired) electrons. The van der Waals surface area contributed by atoms with E-state index in [1.165, 1.54) is 13.0 Å². The Morgan fingerprint density at radius 1 is 0.903 bits per heavy atom. The summed E-state index contributed by atoms with van der Waals surface area (Å²) in [6.45, 7) is 1.48. The first-order valence-electron chi connectivity index (χ1n) is 9.81. The largest absolute Gasteiger partial charge is 0.448 e. The normalized spacial score (nSPS) is 11.6. The summed E-state index contributed by atoms with van der Waals surface area (Å²) >= 11 is 0. The molecule has 1 atom stereocenters. The number of benzene rings is 3. The van der Waals surface area contributed by atoms with E-state index in [1.54, 1.807) is 30.3 Å². The zero-order chi connectivity index (χ0) is 21.8. The average molecular weight is 412 g/mol. The molecule has 0 aliphatic heterocycles. The van der Waals surface area contributed by atoms with Gasteiger partial charge in [0.2, 0.25) is 0 Å². The Labute approximate surface area is 178 Å². The van der Waals surface area contributed by atoms with Gasteiger partial charge in [-0.2, -0.15) is 0 Å². The lowest BCUT2D eigenvalue weighted by molar-refractivity contribution is -0.123. The summed E-state index contributed by atoms with van der Waals surface area (Å²) in [6, 6.07) is 25.1. The number of nitrogens with one attached hydrogen (secondary N) is 2. The Morgan fingerprint density at radius 2 is 1.58 bits per heavy atom. The summed E-state index contributed by atoms with van der Waals surface area (Å²) in [5, 5.41) is 3.29. The van der Waals surface area contributed by atoms with E-state index >= 15 is 0 Å². The first-order valence-corrected chi connectivity index (χ1v) is 9.81. The molecule has 0 spiro atoms. The van der Waals surface area contributed by atoms with E-state index in [0.29, 0.717) is 16.6 Å². The Morgan fingerprint density at radius 3 is 2.39 bits per heavy atom. The highest BCUT2D eigenvalue weighted by Crippen LogP contribution is 2.27. The summed E-state index contributed by atoms with van der Waals surface area (Å²) in [5.41, 5.74) is 2.64. The van der Waals surface area contributed by atoms with E-state index < -0.39 is 18.0 Å². The number of ether oxygens (including phenoxy) is 1. The van der Waals surface area contributed by atoms with Crippen LogP contribution in [0.1, 0.15) is 17.4 Å². The molecule has 4 aromatic rings. The molecule has 0 aliphatic carbocycles. The number of hydrogen-bond acceptors (Lipinski definition) is 4. The number of fused-ring (bicyclic) bond motifs is 1. The molecule has 3 aromatic carbocycles. The number of aromatic nitrogens is 1. The maximum Gasteiger partial charge on any atom is 0.355 e. The monoisotopic (exact) mass is 412 g/mol. The van der Waals surface area contributed by atoms with Gasteiger partial charge in [0.15, 0.2) is 11.5 Å². The highest BCUT2D eigenvalue weighted by Gasteiger charge is 2.21. The second kappa shape index (κ2) is 8.67. The van der Waals surface area contributed by atoms with Gasteiger partial charge in [-0.1, -0.05) is 60.7 Å². The van der Waals surface area contributed by atoms with Crippen LogP contribution in [0.3, 0.4) is 0 Å². The fourth-order valence-electron chi connectivity index (χ4n) is 3.28. The number of carbonyl (C=O) groups is 2. The van der Waals surface area contributed by atoms with Gasteiger partial charge in [-0.05, 0) is 30.7 Å². The van der Waals surface area contributed by atoms with Gasteiger partial charge < -0.3 is 15.0 Å². The van der Waals surface area contributed by atoms with Crippen LogP contribution in [-0.4, -0.2) is 23.0 Å². The summed E-state index contributed by atoms with van der Waals surface area (Å²) in [6.07, 6.45) is -1.06. The molecular formula is C25H20N2O4. The smallest absolute Gasteiger partial charge is 0.355 e. The van der Waals surface area contributed by atoms with Crippen molar-refractivity contribution in [2.45, 2.75) is 13.0 Å². The SMILES string of the molecule is C[C@@H](OC(=O)c1cc(=O)c2ccccc2[nH]1)C(=O)Nc1ccccc1-c1ccccc1. The molecule has 4 rings (SSSR count). The second-order valence-electron chi connectivity index (χ2n) is 7.04. The molecule has 6 heteroatoms. The molecule has 1 heterocycles. The number of carbonyl (C=O) groups excluding carboxylic acids is 2. The number of pyridine rings is 1. The van der Waals surface area contributed by atoms with E-state index in [4.69, 9.17) is 4.74 Å². The van der Waals surface area contributed by atoms with Gasteiger partial charge >= 0.3 is 5.97 Å². The summed E-state index contributed by atoms with van der Waals surface area (Å²) in [4.78, 5) is 40.3. The van der Waals surface area contributed by atoms with Crippen LogP contribution in [0.5, 0.6) is 0 Å². The molecule has 0 saturated carbocycles. The minimum Gasteiger partial charge on any atom is -0.448 e. The van der Waals surface area contributed by atoms with Crippen molar-refractivity contribution in [1.29, 1.82) is 0 Å². The zero-order valence-electron chi connectivity index (χ0n) is 16.8. The zero-order valence-corrected chi connectivity index (χ0v) is 16.8. The fourth-order valence-corrected chi connectivity index (χ4v) is 3.28. The third-order valence-electron chi connectivity index (χ3n) is 4.88. The number of esters is 1. The number of amides is 1. The van der Waals surface area contributed by atoms with E-state index in [0.717, 1.165) is 11.1 Å². The van der Waals surface area contributed by atoms with Crippen LogP contribution in [0.25, 0.3) is 22.0 Å². The Balaban J connectivity index is 1.50. The molecule has 1 aromatic heterocycles. The summed E-state index contributed by atoms with van der Waals surface area (Å²) < 4.78 is 5.30. The van der Waals surface area contributed by atoms with Crippen molar-refractivity contribution in [2.24, 2.45) is 0 Å². The van der Waals surface area contributed by atoms with Gasteiger partial charge in [0, 0.05) is 28.2 Å². The molecule has 6 nitrogen and oxygen atoms in total. The molecule has 154 valence electrons. The molecule has 0 fully saturated rings. The fraction of sp³-hybridized carbons (Fsp3) is 0.0800. The Bertz CT molecular complexity index is 1310. The molecule has 0 saturated heterocycles. The Hall–Kier alpha value is -4.19. The third kappa shape index (κ3) is 4.38. The van der Waals surface area contributed by atoms with E-state index in [2.05, 4.69) is 10.3 Å². The quantitative estimate of drug-likeness (QED) is 0.476. The lowest BCUT2D eigenvalue weighted by Gasteiger charge is -2.16. The minimum atomic E-state index is -1.06. The van der Waals surface area contributed by atoms with E-state index in [-0.39, 0.29) is 11.1 Å². The van der Waals surface area contributed by atoms with Gasteiger partial charge in [-0.3, -0.25) is 9.59 Å². The van der Waals surface area contributed by atoms with Gasteiger partial charge in [0.1, 0.15) is 5.69 Å². The van der Waals surface area contributed by atoms with Crippen molar-refractivity contribution in [3.05, 3.63) is 101 Å². The standard InChI is InChI=1S/C25H20N2O4/c1-16(31-25(30)22-15-23(28)19-12-6-8-14-21(19)26-22)24(29)27-20-13-7-5-11-18(20)17-9-3-2-4-10-17/h2-16H,1H3,(H,26,28)(H,27,29)/t16-/m1/s1. The van der Waals surface area contributed by atoms with Crippen LogP contribution in [-0.2, 0) is 9.53 Å². The van der Waals surface area contributed by atoms with E-state index in [1.807, 2.05) is 48.5 Å². The number of hydrogen-bond donors (Lipinski definition) is 2. The number of anilines is 1. The highest BCUT2D eigenvalue weighted by atomic mass is 16.5. The van der Waals surface area contributed by atoms with Crippen LogP contribution >= 0.6 is 0 Å². The molecule has 2 N–H and O–H groups in total. The van der Waals surface area contributed by atoms with Crippen LogP contribution in [0.2, 0.25) is 0 Å². The van der Waals surface area contributed by atoms with Crippen molar-refractivity contribution in [3.63, 3.8) is 0 Å². The van der Waals surface area contributed by atoms with Crippen LogP contribution in [0.15, 0.2) is 89.7 Å². The first kappa shape index (κ1) is 20.1. The van der Waals surface area contributed by atoms with Gasteiger partial charge in [0.25, 0.3) is 5.91 Å².